The van der Waals surface area contributed by atoms with Crippen LogP contribution in [0.15, 0.2) is 122 Å². The fourth-order valence-corrected chi connectivity index (χ4v) is 5.41. The van der Waals surface area contributed by atoms with Gasteiger partial charge in [0, 0.05) is 23.5 Å². The highest BCUT2D eigenvalue weighted by atomic mass is 15.1. The van der Waals surface area contributed by atoms with E-state index in [9.17, 15) is 0 Å². The van der Waals surface area contributed by atoms with E-state index in [-0.39, 0.29) is 0 Å². The molecule has 0 aliphatic heterocycles. The van der Waals surface area contributed by atoms with Gasteiger partial charge >= 0.3 is 0 Å². The monoisotopic (exact) mass is 488 g/mol. The van der Waals surface area contributed by atoms with Crippen LogP contribution in [0, 0.1) is 0 Å². The van der Waals surface area contributed by atoms with Crippen LogP contribution >= 0.6 is 0 Å². The van der Waals surface area contributed by atoms with E-state index < -0.39 is 0 Å². The molecular weight excluding hydrogens is 468 g/mol. The van der Waals surface area contributed by atoms with Crippen LogP contribution in [-0.4, -0.2) is 29.1 Å². The number of benzene rings is 2. The highest BCUT2D eigenvalue weighted by Gasteiger charge is 2.20. The molecule has 0 N–H and O–H groups in total. The molecule has 6 heterocycles. The van der Waals surface area contributed by atoms with E-state index in [1.54, 1.807) is 6.20 Å². The van der Waals surface area contributed by atoms with Gasteiger partial charge in [0.15, 0.2) is 0 Å². The zero-order chi connectivity index (χ0) is 25.1. The summed E-state index contributed by atoms with van der Waals surface area (Å²) < 4.78 is 4.49. The van der Waals surface area contributed by atoms with Crippen LogP contribution in [0.2, 0.25) is 0 Å². The number of hydrogen-bond acceptors (Lipinski definition) is 4. The summed E-state index contributed by atoms with van der Waals surface area (Å²) in [5, 5.41) is 1.12. The Kier molecular flexibility index (Phi) is 4.42. The molecule has 0 atom stereocenters. The van der Waals surface area contributed by atoms with Crippen LogP contribution in [-0.2, 0) is 0 Å². The van der Waals surface area contributed by atoms with E-state index in [0.717, 1.165) is 66.8 Å². The predicted molar refractivity (Wildman–Crippen MR) is 152 cm³/mol. The van der Waals surface area contributed by atoms with Gasteiger partial charge < -0.3 is 9.13 Å². The third kappa shape index (κ3) is 3.01. The summed E-state index contributed by atoms with van der Waals surface area (Å²) in [7, 11) is 0. The zero-order valence-corrected chi connectivity index (χ0v) is 20.2. The van der Waals surface area contributed by atoms with Gasteiger partial charge in [0.05, 0.1) is 50.9 Å². The Morgan fingerprint density at radius 1 is 0.447 bits per heavy atom. The summed E-state index contributed by atoms with van der Waals surface area (Å²) >= 11 is 0. The van der Waals surface area contributed by atoms with E-state index >= 15 is 0 Å². The van der Waals surface area contributed by atoms with Gasteiger partial charge in [0.25, 0.3) is 0 Å². The summed E-state index contributed by atoms with van der Waals surface area (Å²) in [5.41, 5.74) is 10.6. The third-order valence-corrected chi connectivity index (χ3v) is 7.06. The SMILES string of the molecule is c1ccc(-n2c3ccccc3c3nc4c5ncccc5n(-c5ccc(-c6ccccn6)nc5)c4cc32)cc1. The maximum atomic E-state index is 5.26. The second kappa shape index (κ2) is 8.08. The fourth-order valence-electron chi connectivity index (χ4n) is 5.41. The molecule has 6 heteroatoms. The van der Waals surface area contributed by atoms with Gasteiger partial charge in [-0.1, -0.05) is 42.5 Å². The summed E-state index contributed by atoms with van der Waals surface area (Å²) in [4.78, 5) is 19.2. The minimum Gasteiger partial charge on any atom is -0.308 e. The minimum atomic E-state index is 0.831. The number of aromatic nitrogens is 6. The largest absolute Gasteiger partial charge is 0.308 e. The molecule has 38 heavy (non-hydrogen) atoms. The third-order valence-electron chi connectivity index (χ3n) is 7.06. The van der Waals surface area contributed by atoms with Crippen molar-refractivity contribution in [2.75, 3.05) is 0 Å². The number of pyridine rings is 4. The first kappa shape index (κ1) is 20.8. The van der Waals surface area contributed by atoms with E-state index in [1.807, 2.05) is 48.8 Å². The molecule has 0 amide bonds. The second-order valence-corrected chi connectivity index (χ2v) is 9.24. The number of fused-ring (bicyclic) bond motifs is 6. The van der Waals surface area contributed by atoms with Crippen LogP contribution < -0.4 is 0 Å². The van der Waals surface area contributed by atoms with Crippen molar-refractivity contribution in [3.8, 4) is 22.8 Å². The van der Waals surface area contributed by atoms with Crippen molar-refractivity contribution in [1.82, 2.24) is 29.1 Å². The van der Waals surface area contributed by atoms with E-state index in [2.05, 4.69) is 80.8 Å². The molecule has 0 saturated heterocycles. The lowest BCUT2D eigenvalue weighted by atomic mass is 10.2. The molecule has 6 nitrogen and oxygen atoms in total. The molecule has 8 rings (SSSR count). The van der Waals surface area contributed by atoms with Crippen molar-refractivity contribution in [2.45, 2.75) is 0 Å². The zero-order valence-electron chi connectivity index (χ0n) is 20.2. The highest BCUT2D eigenvalue weighted by molar-refractivity contribution is 6.14. The van der Waals surface area contributed by atoms with Crippen molar-refractivity contribution >= 4 is 44.0 Å². The lowest BCUT2D eigenvalue weighted by molar-refractivity contribution is 1.13. The molecule has 0 spiro atoms. The standard InChI is InChI=1S/C32H20N6/c1-2-9-21(10-3-1)37-26-13-5-4-11-23(26)30-28(37)19-29-32(36-30)31-27(14-8-18-34-31)38(29)22-15-16-25(35-20-22)24-12-6-7-17-33-24/h1-20H. The van der Waals surface area contributed by atoms with Gasteiger partial charge in [0.2, 0.25) is 0 Å². The molecule has 0 unspecified atom stereocenters. The maximum absolute atomic E-state index is 5.26. The van der Waals surface area contributed by atoms with Crippen LogP contribution in [0.3, 0.4) is 0 Å². The lowest BCUT2D eigenvalue weighted by Gasteiger charge is -2.10. The average Bonchev–Trinajstić information content (AvgIpc) is 3.49. The Labute approximate surface area is 217 Å². The van der Waals surface area contributed by atoms with Gasteiger partial charge in [-0.2, -0.15) is 0 Å². The highest BCUT2D eigenvalue weighted by Crippen LogP contribution is 2.36. The fraction of sp³-hybridized carbons (Fsp3) is 0. The van der Waals surface area contributed by atoms with Crippen molar-refractivity contribution in [1.29, 1.82) is 0 Å². The van der Waals surface area contributed by atoms with Crippen molar-refractivity contribution in [2.24, 2.45) is 0 Å². The average molecular weight is 489 g/mol. The van der Waals surface area contributed by atoms with Gasteiger partial charge in [-0.05, 0) is 60.7 Å². The topological polar surface area (TPSA) is 61.4 Å². The van der Waals surface area contributed by atoms with Crippen LogP contribution in [0.25, 0.3) is 66.8 Å². The number of para-hydroxylation sites is 2. The number of hydrogen-bond donors (Lipinski definition) is 0. The molecule has 0 radical (unpaired) electrons. The Balaban J connectivity index is 1.45. The quantitative estimate of drug-likeness (QED) is 0.265. The molecular formula is C32H20N6. The molecule has 2 aromatic carbocycles. The number of rotatable bonds is 3. The summed E-state index contributed by atoms with van der Waals surface area (Å²) in [6.45, 7) is 0. The molecule has 0 saturated carbocycles. The van der Waals surface area contributed by atoms with Crippen molar-refractivity contribution in [3.63, 3.8) is 0 Å². The molecule has 0 aliphatic carbocycles. The van der Waals surface area contributed by atoms with Gasteiger partial charge in [-0.15, -0.1) is 0 Å². The minimum absolute atomic E-state index is 0.831. The van der Waals surface area contributed by atoms with Gasteiger partial charge in [-0.25, -0.2) is 4.98 Å². The van der Waals surface area contributed by atoms with Gasteiger partial charge in [-0.3, -0.25) is 15.0 Å². The normalized spacial score (nSPS) is 11.7. The van der Waals surface area contributed by atoms with Crippen LogP contribution in [0.1, 0.15) is 0 Å². The molecule has 0 aliphatic rings. The Hall–Kier alpha value is -5.36. The summed E-state index contributed by atoms with van der Waals surface area (Å²) in [6, 6.07) is 35.1. The Morgan fingerprint density at radius 2 is 1.18 bits per heavy atom. The smallest absolute Gasteiger partial charge is 0.116 e. The predicted octanol–water partition coefficient (Wildman–Crippen LogP) is 7.13. The molecule has 0 bridgehead atoms. The van der Waals surface area contributed by atoms with E-state index in [0.29, 0.717) is 0 Å². The Morgan fingerprint density at radius 3 is 2.03 bits per heavy atom. The molecule has 0 fully saturated rings. The van der Waals surface area contributed by atoms with Crippen molar-refractivity contribution in [3.05, 3.63) is 122 Å². The van der Waals surface area contributed by atoms with Crippen molar-refractivity contribution < 1.29 is 0 Å². The first-order chi connectivity index (χ1) is 18.9. The number of nitrogens with zero attached hydrogens (tertiary/aromatic N) is 6. The maximum Gasteiger partial charge on any atom is 0.116 e. The molecule has 8 aromatic rings. The lowest BCUT2D eigenvalue weighted by Crippen LogP contribution is -1.97. The molecule has 6 aromatic heterocycles. The van der Waals surface area contributed by atoms with Crippen LogP contribution in [0.5, 0.6) is 0 Å². The van der Waals surface area contributed by atoms with Gasteiger partial charge in [0.1, 0.15) is 11.0 Å². The van der Waals surface area contributed by atoms with E-state index in [4.69, 9.17) is 15.0 Å². The second-order valence-electron chi connectivity index (χ2n) is 9.24. The summed E-state index contributed by atoms with van der Waals surface area (Å²) in [6.07, 6.45) is 5.51. The first-order valence-corrected chi connectivity index (χ1v) is 12.5. The summed E-state index contributed by atoms with van der Waals surface area (Å²) in [5.74, 6) is 0. The molecule has 178 valence electrons. The Bertz CT molecular complexity index is 2110. The van der Waals surface area contributed by atoms with Crippen LogP contribution in [0.4, 0.5) is 0 Å². The first-order valence-electron chi connectivity index (χ1n) is 12.5. The van der Waals surface area contributed by atoms with E-state index in [1.165, 1.54) is 0 Å².